The summed E-state index contributed by atoms with van der Waals surface area (Å²) in [7, 11) is -1.07. The van der Waals surface area contributed by atoms with Crippen LogP contribution in [0.2, 0.25) is 5.02 Å². The zero-order chi connectivity index (χ0) is 16.5. The van der Waals surface area contributed by atoms with Crippen LogP contribution in [-0.4, -0.2) is 51.6 Å². The van der Waals surface area contributed by atoms with Crippen molar-refractivity contribution in [1.82, 2.24) is 14.3 Å². The highest BCUT2D eigenvalue weighted by Gasteiger charge is 2.39. The maximum absolute atomic E-state index is 14.0. The lowest BCUT2D eigenvalue weighted by Crippen LogP contribution is -2.51. The van der Waals surface area contributed by atoms with E-state index in [-0.39, 0.29) is 35.0 Å². The molecular weight excluding hydrogens is 416 g/mol. The molecule has 2 rings (SSSR count). The molecule has 0 radical (unpaired) electrons. The van der Waals surface area contributed by atoms with Crippen molar-refractivity contribution in [2.75, 3.05) is 20.6 Å². The van der Waals surface area contributed by atoms with Gasteiger partial charge >= 0.3 is 0 Å². The second kappa shape index (κ2) is 8.17. The summed E-state index contributed by atoms with van der Waals surface area (Å²) in [5.41, 5.74) is 0.313. The minimum Gasteiger partial charge on any atom is -0.309 e. The van der Waals surface area contributed by atoms with E-state index in [0.29, 0.717) is 5.56 Å². The first kappa shape index (κ1) is 20.7. The highest BCUT2D eigenvalue weighted by molar-refractivity contribution is 8.93. The van der Waals surface area contributed by atoms with Gasteiger partial charge in [-0.2, -0.15) is 17.4 Å². The molecule has 23 heavy (non-hydrogen) atoms. The fourth-order valence-corrected chi connectivity index (χ4v) is 3.41. The van der Waals surface area contributed by atoms with Crippen LogP contribution in [0.5, 0.6) is 0 Å². The first-order valence-electron chi connectivity index (χ1n) is 6.72. The number of nitrogens with zero attached hydrogens (tertiary/aromatic N) is 1. The monoisotopic (exact) mass is 433 g/mol. The van der Waals surface area contributed by atoms with Gasteiger partial charge in [-0.1, -0.05) is 23.7 Å². The SMILES string of the molecule is Br.CN(C)S(=O)(=O)N[C@@H]1[C@H](Cc2cccc(Cl)c2F)NC[C@@H]1F. The van der Waals surface area contributed by atoms with Crippen molar-refractivity contribution in [3.05, 3.63) is 34.6 Å². The third-order valence-electron chi connectivity index (χ3n) is 3.64. The van der Waals surface area contributed by atoms with E-state index in [1.54, 1.807) is 12.1 Å². The summed E-state index contributed by atoms with van der Waals surface area (Å²) in [6.07, 6.45) is -1.25. The minimum absolute atomic E-state index is 0. The minimum atomic E-state index is -3.77. The fraction of sp³-hybridized carbons (Fsp3) is 0.538. The predicted octanol–water partition coefficient (Wildman–Crippen LogP) is 1.67. The molecular formula is C13H19BrClF2N3O2S. The van der Waals surface area contributed by atoms with E-state index in [4.69, 9.17) is 11.6 Å². The highest BCUT2D eigenvalue weighted by atomic mass is 79.9. The topological polar surface area (TPSA) is 61.4 Å². The van der Waals surface area contributed by atoms with Crippen LogP contribution in [0.4, 0.5) is 8.78 Å². The summed E-state index contributed by atoms with van der Waals surface area (Å²) >= 11 is 5.72. The molecule has 1 heterocycles. The molecule has 1 aliphatic rings. The van der Waals surface area contributed by atoms with Crippen LogP contribution in [0.15, 0.2) is 18.2 Å². The quantitative estimate of drug-likeness (QED) is 0.741. The second-order valence-electron chi connectivity index (χ2n) is 5.38. The fourth-order valence-electron chi connectivity index (χ4n) is 2.35. The molecule has 0 bridgehead atoms. The number of nitrogens with one attached hydrogen (secondary N) is 2. The van der Waals surface area contributed by atoms with Gasteiger partial charge in [-0.15, -0.1) is 17.0 Å². The van der Waals surface area contributed by atoms with E-state index in [1.807, 2.05) is 0 Å². The lowest BCUT2D eigenvalue weighted by molar-refractivity contribution is 0.300. The Morgan fingerprint density at radius 3 is 2.70 bits per heavy atom. The van der Waals surface area contributed by atoms with Crippen LogP contribution in [0.3, 0.4) is 0 Å². The van der Waals surface area contributed by atoms with Crippen LogP contribution in [0.25, 0.3) is 0 Å². The first-order chi connectivity index (χ1) is 10.2. The summed E-state index contributed by atoms with van der Waals surface area (Å²) in [6.45, 7) is 0.00741. The summed E-state index contributed by atoms with van der Waals surface area (Å²) in [6, 6.07) is 3.05. The van der Waals surface area contributed by atoms with E-state index >= 15 is 0 Å². The van der Waals surface area contributed by atoms with Crippen molar-refractivity contribution >= 4 is 38.8 Å². The van der Waals surface area contributed by atoms with Crippen LogP contribution < -0.4 is 10.0 Å². The molecule has 10 heteroatoms. The number of hydrogen-bond donors (Lipinski definition) is 2. The molecule has 0 amide bonds. The molecule has 2 N–H and O–H groups in total. The van der Waals surface area contributed by atoms with Gasteiger partial charge in [-0.3, -0.25) is 0 Å². The van der Waals surface area contributed by atoms with Gasteiger partial charge in [0.1, 0.15) is 12.0 Å². The molecule has 1 aromatic carbocycles. The Morgan fingerprint density at radius 2 is 2.09 bits per heavy atom. The molecule has 0 spiro atoms. The van der Waals surface area contributed by atoms with Gasteiger partial charge in [0.25, 0.3) is 10.2 Å². The van der Waals surface area contributed by atoms with Gasteiger partial charge in [-0.25, -0.2) is 8.78 Å². The Balaban J connectivity index is 0.00000264. The lowest BCUT2D eigenvalue weighted by Gasteiger charge is -2.24. The smallest absolute Gasteiger partial charge is 0.279 e. The third-order valence-corrected chi connectivity index (χ3v) is 5.46. The van der Waals surface area contributed by atoms with Crippen LogP contribution in [0.1, 0.15) is 5.56 Å². The molecule has 5 nitrogen and oxygen atoms in total. The molecule has 0 saturated carbocycles. The molecule has 1 fully saturated rings. The van der Waals surface area contributed by atoms with Gasteiger partial charge in [0.2, 0.25) is 0 Å². The van der Waals surface area contributed by atoms with E-state index in [2.05, 4.69) is 10.0 Å². The summed E-state index contributed by atoms with van der Waals surface area (Å²) in [5.74, 6) is -0.567. The van der Waals surface area contributed by atoms with Gasteiger partial charge in [0.05, 0.1) is 11.1 Å². The number of rotatable bonds is 5. The average molecular weight is 435 g/mol. The Kier molecular flexibility index (Phi) is 7.36. The maximum atomic E-state index is 14.0. The molecule has 0 aromatic heterocycles. The third kappa shape index (κ3) is 4.83. The van der Waals surface area contributed by atoms with Crippen LogP contribution >= 0.6 is 28.6 Å². The lowest BCUT2D eigenvalue weighted by atomic mass is 10.0. The van der Waals surface area contributed by atoms with Crippen LogP contribution in [0, 0.1) is 5.82 Å². The van der Waals surface area contributed by atoms with Crippen molar-refractivity contribution in [3.63, 3.8) is 0 Å². The van der Waals surface area contributed by atoms with E-state index in [9.17, 15) is 17.2 Å². The Bertz CT molecular complexity index is 648. The molecule has 1 aromatic rings. The summed E-state index contributed by atoms with van der Waals surface area (Å²) in [4.78, 5) is 0. The largest absolute Gasteiger partial charge is 0.309 e. The zero-order valence-electron chi connectivity index (χ0n) is 12.6. The number of alkyl halides is 1. The Hall–Kier alpha value is -0.320. The second-order valence-corrected chi connectivity index (χ2v) is 7.70. The van der Waals surface area contributed by atoms with Gasteiger partial charge in [0.15, 0.2) is 0 Å². The zero-order valence-corrected chi connectivity index (χ0v) is 15.9. The molecule has 1 saturated heterocycles. The Labute approximate surface area is 150 Å². The van der Waals surface area contributed by atoms with Gasteiger partial charge in [0, 0.05) is 26.7 Å². The highest BCUT2D eigenvalue weighted by Crippen LogP contribution is 2.22. The molecule has 1 aliphatic heterocycles. The van der Waals surface area contributed by atoms with Crippen molar-refractivity contribution in [3.8, 4) is 0 Å². The van der Waals surface area contributed by atoms with Crippen molar-refractivity contribution in [2.24, 2.45) is 0 Å². The maximum Gasteiger partial charge on any atom is 0.279 e. The average Bonchev–Trinajstić information content (AvgIpc) is 2.76. The standard InChI is InChI=1S/C13H18ClF2N3O2S.BrH/c1-19(2)22(20,21)18-13-10(15)7-17-11(13)6-8-4-3-5-9(14)12(8)16;/h3-5,10-11,13,17-18H,6-7H2,1-2H3;1H/t10-,11-,13-;/m0./s1. The number of hydrogen-bond acceptors (Lipinski definition) is 3. The molecule has 132 valence electrons. The van der Waals surface area contributed by atoms with Crippen molar-refractivity contribution < 1.29 is 17.2 Å². The van der Waals surface area contributed by atoms with Crippen molar-refractivity contribution in [1.29, 1.82) is 0 Å². The first-order valence-corrected chi connectivity index (χ1v) is 8.54. The van der Waals surface area contributed by atoms with E-state index < -0.39 is 34.3 Å². The van der Waals surface area contributed by atoms with Gasteiger partial charge < -0.3 is 5.32 Å². The van der Waals surface area contributed by atoms with Crippen molar-refractivity contribution in [2.45, 2.75) is 24.7 Å². The summed E-state index contributed by atoms with van der Waals surface area (Å²) in [5, 5.41) is 2.87. The predicted molar refractivity (Wildman–Crippen MR) is 91.7 cm³/mol. The molecule has 0 unspecified atom stereocenters. The van der Waals surface area contributed by atoms with Crippen LogP contribution in [-0.2, 0) is 16.6 Å². The van der Waals surface area contributed by atoms with E-state index in [1.165, 1.54) is 20.2 Å². The molecule has 0 aliphatic carbocycles. The summed E-state index contributed by atoms with van der Waals surface area (Å²) < 4.78 is 55.0. The number of halogens is 4. The molecule has 3 atom stereocenters. The van der Waals surface area contributed by atoms with E-state index in [0.717, 1.165) is 4.31 Å². The van der Waals surface area contributed by atoms with Gasteiger partial charge in [-0.05, 0) is 18.1 Å². The Morgan fingerprint density at radius 1 is 1.43 bits per heavy atom. The number of benzene rings is 1. The normalized spacial score (nSPS) is 24.7.